The number of fused-ring (bicyclic) bond motifs is 3. The smallest absolute Gasteiger partial charge is 0.256 e. The van der Waals surface area contributed by atoms with Gasteiger partial charge >= 0.3 is 0 Å². The lowest BCUT2D eigenvalue weighted by Gasteiger charge is -2.33. The number of ether oxygens (including phenoxy) is 1. The maximum Gasteiger partial charge on any atom is 0.256 e. The van der Waals surface area contributed by atoms with Crippen LogP contribution in [0.3, 0.4) is 0 Å². The topological polar surface area (TPSA) is 95.3 Å². The van der Waals surface area contributed by atoms with Crippen LogP contribution in [0.5, 0.6) is 0 Å². The molecule has 1 atom stereocenters. The summed E-state index contributed by atoms with van der Waals surface area (Å²) < 4.78 is 33.2. The monoisotopic (exact) mass is 401 g/mol. The van der Waals surface area contributed by atoms with Gasteiger partial charge in [0.2, 0.25) is 0 Å². The number of rotatable bonds is 2. The highest BCUT2D eigenvalue weighted by atomic mass is 19.2. The molecule has 2 N–H and O–H groups in total. The number of hydrogen-bond acceptors (Lipinski definition) is 4. The molecule has 0 aliphatic carbocycles. The van der Waals surface area contributed by atoms with Crippen molar-refractivity contribution in [2.24, 2.45) is 0 Å². The number of aromatic amines is 2. The minimum Gasteiger partial charge on any atom is -0.373 e. The molecule has 4 rings (SSSR count). The van der Waals surface area contributed by atoms with Crippen LogP contribution in [0.1, 0.15) is 33.2 Å². The molecular formula is C20H17F2N3O4. The van der Waals surface area contributed by atoms with Gasteiger partial charge in [-0.2, -0.15) is 0 Å². The second-order valence-corrected chi connectivity index (χ2v) is 7.01. The van der Waals surface area contributed by atoms with Crippen LogP contribution in [0.25, 0.3) is 10.8 Å². The Morgan fingerprint density at radius 2 is 1.83 bits per heavy atom. The number of aromatic nitrogens is 2. The Bertz CT molecular complexity index is 1270. The second kappa shape index (κ2) is 6.93. The van der Waals surface area contributed by atoms with Gasteiger partial charge in [-0.3, -0.25) is 14.4 Å². The van der Waals surface area contributed by atoms with Gasteiger partial charge in [-0.15, -0.1) is 0 Å². The van der Waals surface area contributed by atoms with Crippen molar-refractivity contribution in [3.05, 3.63) is 79.1 Å². The van der Waals surface area contributed by atoms with Crippen molar-refractivity contribution >= 4 is 16.7 Å². The van der Waals surface area contributed by atoms with Crippen molar-refractivity contribution in [1.29, 1.82) is 0 Å². The normalized spacial score (nSPS) is 15.9. The quantitative estimate of drug-likeness (QED) is 0.688. The van der Waals surface area contributed by atoms with Crippen molar-refractivity contribution in [2.75, 3.05) is 13.7 Å². The van der Waals surface area contributed by atoms with Crippen molar-refractivity contribution in [1.82, 2.24) is 14.9 Å². The molecule has 0 bridgehead atoms. The van der Waals surface area contributed by atoms with E-state index in [9.17, 15) is 23.2 Å². The van der Waals surface area contributed by atoms with Gasteiger partial charge in [0.1, 0.15) is 0 Å². The van der Waals surface area contributed by atoms with E-state index in [4.69, 9.17) is 4.74 Å². The zero-order valence-corrected chi connectivity index (χ0v) is 15.6. The molecule has 3 aromatic rings. The third kappa shape index (κ3) is 3.13. The number of halogens is 2. The second-order valence-electron chi connectivity index (χ2n) is 7.01. The highest BCUT2D eigenvalue weighted by Gasteiger charge is 2.31. The maximum absolute atomic E-state index is 14.0. The van der Waals surface area contributed by atoms with Gasteiger partial charge in [-0.05, 0) is 30.5 Å². The number of nitrogens with one attached hydrogen (secondary N) is 2. The number of carbonyl (C=O) groups is 1. The Morgan fingerprint density at radius 1 is 1.14 bits per heavy atom. The van der Waals surface area contributed by atoms with Gasteiger partial charge in [0.05, 0.1) is 30.2 Å². The first-order valence-electron chi connectivity index (χ1n) is 8.86. The number of H-pyrrole nitrogens is 2. The molecule has 1 aliphatic heterocycles. The lowest BCUT2D eigenvalue weighted by Crippen LogP contribution is -2.38. The van der Waals surface area contributed by atoms with Gasteiger partial charge in [-0.25, -0.2) is 8.78 Å². The number of likely N-dealkylation sites (N-methyl/N-ethyl adjacent to an activating group) is 1. The van der Waals surface area contributed by atoms with E-state index in [1.807, 2.05) is 0 Å². The summed E-state index contributed by atoms with van der Waals surface area (Å²) in [5.41, 5.74) is 0.701. The summed E-state index contributed by atoms with van der Waals surface area (Å²) in [6.45, 7) is 1.78. The van der Waals surface area contributed by atoms with E-state index in [0.29, 0.717) is 16.8 Å². The predicted octanol–water partition coefficient (Wildman–Crippen LogP) is 2.15. The first-order chi connectivity index (χ1) is 13.8. The average molecular weight is 401 g/mol. The molecule has 0 radical (unpaired) electrons. The fraction of sp³-hybridized carbons (Fsp3) is 0.250. The third-order valence-electron chi connectivity index (χ3n) is 5.16. The molecule has 1 amide bonds. The molecular weight excluding hydrogens is 384 g/mol. The van der Waals surface area contributed by atoms with E-state index < -0.39 is 29.1 Å². The molecule has 29 heavy (non-hydrogen) atoms. The molecule has 0 spiro atoms. The fourth-order valence-corrected chi connectivity index (χ4v) is 3.61. The van der Waals surface area contributed by atoms with Crippen LogP contribution in [-0.2, 0) is 11.3 Å². The molecule has 7 nitrogen and oxygen atoms in total. The van der Waals surface area contributed by atoms with Gasteiger partial charge in [0.15, 0.2) is 11.6 Å². The lowest BCUT2D eigenvalue weighted by molar-refractivity contribution is 0.0335. The number of carbonyl (C=O) groups excluding carboxylic acids is 1. The Morgan fingerprint density at radius 3 is 2.52 bits per heavy atom. The molecule has 0 saturated heterocycles. The summed E-state index contributed by atoms with van der Waals surface area (Å²) in [5.74, 6) is -2.60. The van der Waals surface area contributed by atoms with E-state index in [-0.39, 0.29) is 35.1 Å². The van der Waals surface area contributed by atoms with Crippen LogP contribution in [0.4, 0.5) is 8.78 Å². The van der Waals surface area contributed by atoms with Crippen molar-refractivity contribution < 1.29 is 18.3 Å². The average Bonchev–Trinajstić information content (AvgIpc) is 2.70. The zero-order chi connectivity index (χ0) is 20.9. The Labute approximate surface area is 162 Å². The first-order valence-corrected chi connectivity index (χ1v) is 8.86. The molecule has 0 saturated carbocycles. The van der Waals surface area contributed by atoms with Crippen LogP contribution in [-0.4, -0.2) is 34.4 Å². The minimum atomic E-state index is -1.13. The van der Waals surface area contributed by atoms with E-state index in [1.54, 1.807) is 14.0 Å². The Balaban J connectivity index is 1.85. The number of aryl methyl sites for hydroxylation is 1. The fourth-order valence-electron chi connectivity index (χ4n) is 3.61. The number of benzene rings is 1. The maximum atomic E-state index is 14.0. The van der Waals surface area contributed by atoms with Crippen molar-refractivity contribution in [2.45, 2.75) is 19.6 Å². The van der Waals surface area contributed by atoms with Crippen LogP contribution in [0.15, 0.2) is 34.0 Å². The molecule has 1 aromatic carbocycles. The molecule has 9 heteroatoms. The first kappa shape index (κ1) is 19.0. The summed E-state index contributed by atoms with van der Waals surface area (Å²) >= 11 is 0. The summed E-state index contributed by atoms with van der Waals surface area (Å²) in [6.07, 6.45) is 1.32. The molecule has 3 heterocycles. The van der Waals surface area contributed by atoms with E-state index in [0.717, 1.165) is 12.1 Å². The lowest BCUT2D eigenvalue weighted by atomic mass is 9.95. The number of amides is 1. The molecule has 0 unspecified atom stereocenters. The molecule has 1 aliphatic rings. The van der Waals surface area contributed by atoms with Crippen molar-refractivity contribution in [3.8, 4) is 0 Å². The van der Waals surface area contributed by atoms with Crippen LogP contribution in [0.2, 0.25) is 0 Å². The van der Waals surface area contributed by atoms with Gasteiger partial charge in [0, 0.05) is 30.1 Å². The highest BCUT2D eigenvalue weighted by Crippen LogP contribution is 2.34. The molecule has 2 aromatic heterocycles. The Hall–Kier alpha value is -3.33. The van der Waals surface area contributed by atoms with Gasteiger partial charge in [0.25, 0.3) is 17.0 Å². The van der Waals surface area contributed by atoms with E-state index >= 15 is 0 Å². The summed E-state index contributed by atoms with van der Waals surface area (Å²) in [5, 5.41) is 0.225. The summed E-state index contributed by atoms with van der Waals surface area (Å²) in [4.78, 5) is 43.4. The van der Waals surface area contributed by atoms with Crippen molar-refractivity contribution in [3.63, 3.8) is 0 Å². The standard InChI is InChI=1S/C20H17F2N3O4/c1-9-3-10(6-23-18(9)26)20(28)25(2)16-8-29-7-15-17(16)11-4-13(21)14(22)5-12(11)19(27)24-15/h3-6,16H,7-8H2,1-2H3,(H,23,26)(H,24,27)/t16-/m1/s1. The van der Waals surface area contributed by atoms with Gasteiger partial charge in [-0.1, -0.05) is 0 Å². The zero-order valence-electron chi connectivity index (χ0n) is 15.6. The third-order valence-corrected chi connectivity index (χ3v) is 5.16. The summed E-state index contributed by atoms with van der Waals surface area (Å²) in [6, 6.07) is 2.65. The van der Waals surface area contributed by atoms with Crippen LogP contribution < -0.4 is 11.1 Å². The van der Waals surface area contributed by atoms with Gasteiger partial charge < -0.3 is 19.6 Å². The molecule has 0 fully saturated rings. The summed E-state index contributed by atoms with van der Waals surface area (Å²) in [7, 11) is 1.54. The highest BCUT2D eigenvalue weighted by molar-refractivity contribution is 5.95. The van der Waals surface area contributed by atoms with E-state index in [1.165, 1.54) is 17.2 Å². The molecule has 150 valence electrons. The minimum absolute atomic E-state index is 0.00437. The largest absolute Gasteiger partial charge is 0.373 e. The van der Waals surface area contributed by atoms with E-state index in [2.05, 4.69) is 9.97 Å². The van der Waals surface area contributed by atoms with Crippen LogP contribution >= 0.6 is 0 Å². The number of hydrogen-bond donors (Lipinski definition) is 2. The predicted molar refractivity (Wildman–Crippen MR) is 101 cm³/mol. The Kier molecular flexibility index (Phi) is 4.54. The van der Waals surface area contributed by atoms with Crippen LogP contribution in [0, 0.1) is 18.6 Å². The SMILES string of the molecule is Cc1cc(C(=O)N(C)[C@@H]2COCc3[nH]c(=O)c4cc(F)c(F)cc4c32)c[nH]c1=O. The number of pyridine rings is 2. The number of nitrogens with zero attached hydrogens (tertiary/aromatic N) is 1.